The Labute approximate surface area is 153 Å². The predicted molar refractivity (Wildman–Crippen MR) is 93.4 cm³/mol. The highest BCUT2D eigenvalue weighted by Crippen LogP contribution is 2.24. The number of nitrogen functional groups attached to an aromatic ring is 1. The first-order valence-corrected chi connectivity index (χ1v) is 8.16. The van der Waals surface area contributed by atoms with E-state index in [2.05, 4.69) is 14.7 Å². The molecule has 3 N–H and O–H groups in total. The molecule has 3 rings (SSSR count). The van der Waals surface area contributed by atoms with Gasteiger partial charge in [0.1, 0.15) is 5.82 Å². The molecule has 0 aliphatic carbocycles. The fraction of sp³-hybridized carbons (Fsp3) is 0.353. The highest BCUT2D eigenvalue weighted by atomic mass is 19.4. The molecule has 0 spiro atoms. The lowest BCUT2D eigenvalue weighted by Crippen LogP contribution is -2.36. The maximum absolute atomic E-state index is 12.3. The van der Waals surface area contributed by atoms with E-state index >= 15 is 0 Å². The van der Waals surface area contributed by atoms with Crippen LogP contribution in [0.25, 0.3) is 0 Å². The van der Waals surface area contributed by atoms with E-state index in [-0.39, 0.29) is 22.8 Å². The molecule has 0 saturated carbocycles. The number of nitrogens with one attached hydrogen (secondary N) is 1. The van der Waals surface area contributed by atoms with Crippen LogP contribution in [0, 0.1) is 5.41 Å². The van der Waals surface area contributed by atoms with E-state index < -0.39 is 12.8 Å². The monoisotopic (exact) mass is 381 g/mol. The summed E-state index contributed by atoms with van der Waals surface area (Å²) in [7, 11) is 0. The van der Waals surface area contributed by atoms with Gasteiger partial charge in [-0.05, 0) is 12.1 Å². The van der Waals surface area contributed by atoms with E-state index in [0.29, 0.717) is 37.7 Å². The van der Waals surface area contributed by atoms with Crippen LogP contribution in [-0.4, -0.2) is 54.8 Å². The number of hydrogen-bond donors (Lipinski definition) is 2. The van der Waals surface area contributed by atoms with Crippen molar-refractivity contribution >= 4 is 17.2 Å². The molecule has 27 heavy (non-hydrogen) atoms. The van der Waals surface area contributed by atoms with Gasteiger partial charge < -0.3 is 20.1 Å². The van der Waals surface area contributed by atoms with Crippen LogP contribution < -0.4 is 15.4 Å². The Hall–Kier alpha value is -2.88. The number of ether oxygens (including phenoxy) is 2. The zero-order valence-electron chi connectivity index (χ0n) is 14.3. The van der Waals surface area contributed by atoms with Crippen LogP contribution in [0.5, 0.6) is 5.88 Å². The van der Waals surface area contributed by atoms with Gasteiger partial charge in [0, 0.05) is 36.5 Å². The van der Waals surface area contributed by atoms with Gasteiger partial charge in [-0.1, -0.05) is 0 Å². The number of rotatable bonds is 5. The third-order valence-corrected chi connectivity index (χ3v) is 3.93. The largest absolute Gasteiger partial charge is 0.468 e. The maximum Gasteiger partial charge on any atom is 0.422 e. The van der Waals surface area contributed by atoms with Gasteiger partial charge in [0.25, 0.3) is 0 Å². The van der Waals surface area contributed by atoms with Gasteiger partial charge in [-0.2, -0.15) is 13.2 Å². The van der Waals surface area contributed by atoms with Gasteiger partial charge in [0.2, 0.25) is 5.88 Å². The Morgan fingerprint density at radius 2 is 2.00 bits per heavy atom. The van der Waals surface area contributed by atoms with Crippen LogP contribution in [0.4, 0.5) is 24.7 Å². The number of pyridine rings is 2. The molecular formula is C17H18F3N5O2. The zero-order chi connectivity index (χ0) is 19.4. The topological polar surface area (TPSA) is 97.4 Å². The first-order chi connectivity index (χ1) is 12.8. The number of hydrogen-bond acceptors (Lipinski definition) is 7. The maximum atomic E-state index is 12.3. The number of aromatic nitrogens is 2. The van der Waals surface area contributed by atoms with Crippen LogP contribution in [0.3, 0.4) is 0 Å². The third kappa shape index (κ3) is 4.85. The van der Waals surface area contributed by atoms with Crippen molar-refractivity contribution in [3.63, 3.8) is 0 Å². The Balaban J connectivity index is 1.82. The second kappa shape index (κ2) is 7.78. The molecule has 1 aliphatic rings. The molecule has 1 aliphatic heterocycles. The summed E-state index contributed by atoms with van der Waals surface area (Å²) in [6, 6.07) is 4.62. The normalized spacial score (nSPS) is 14.9. The second-order valence-corrected chi connectivity index (χ2v) is 5.89. The molecule has 0 amide bonds. The lowest BCUT2D eigenvalue weighted by atomic mass is 10.0. The second-order valence-electron chi connectivity index (χ2n) is 5.89. The molecule has 0 bridgehead atoms. The molecule has 0 radical (unpaired) electrons. The summed E-state index contributed by atoms with van der Waals surface area (Å²) in [5, 5.41) is 8.42. The summed E-state index contributed by atoms with van der Waals surface area (Å²) in [6.07, 6.45) is -1.72. The summed E-state index contributed by atoms with van der Waals surface area (Å²) in [6.45, 7) is 1.11. The van der Waals surface area contributed by atoms with Gasteiger partial charge in [-0.15, -0.1) is 0 Å². The van der Waals surface area contributed by atoms with Gasteiger partial charge >= 0.3 is 6.18 Å². The Morgan fingerprint density at radius 1 is 1.26 bits per heavy atom. The van der Waals surface area contributed by atoms with Crippen molar-refractivity contribution in [2.75, 3.05) is 43.5 Å². The van der Waals surface area contributed by atoms with E-state index in [1.54, 1.807) is 18.3 Å². The molecule has 3 heterocycles. The van der Waals surface area contributed by atoms with Crippen molar-refractivity contribution in [1.29, 1.82) is 5.41 Å². The number of anilines is 2. The SMILES string of the molecule is N=C(c1ccnc(N2CCOCC2)c1)c1cc(OCC(F)(F)F)ncc1N. The standard InChI is InChI=1S/C17H18F3N5O2/c18-17(19,20)10-27-15-8-12(13(21)9-24-15)16(22)11-1-2-23-14(7-11)25-3-5-26-6-4-25/h1-2,7-9,22H,3-6,10,21H2. The molecule has 2 aromatic heterocycles. The van der Waals surface area contributed by atoms with Gasteiger partial charge in [-0.25, -0.2) is 9.97 Å². The first kappa shape index (κ1) is 18.9. The predicted octanol–water partition coefficient (Wildman–Crippen LogP) is 2.25. The van der Waals surface area contributed by atoms with Crippen molar-refractivity contribution in [2.45, 2.75) is 6.18 Å². The average molecular weight is 381 g/mol. The lowest BCUT2D eigenvalue weighted by molar-refractivity contribution is -0.154. The summed E-state index contributed by atoms with van der Waals surface area (Å²) in [4.78, 5) is 10.1. The molecule has 144 valence electrons. The van der Waals surface area contributed by atoms with Crippen molar-refractivity contribution in [1.82, 2.24) is 9.97 Å². The van der Waals surface area contributed by atoms with Crippen LogP contribution >= 0.6 is 0 Å². The minimum absolute atomic E-state index is 0.0451. The van der Waals surface area contributed by atoms with Crippen LogP contribution in [0.2, 0.25) is 0 Å². The van der Waals surface area contributed by atoms with Crippen LogP contribution in [-0.2, 0) is 4.74 Å². The number of nitrogens with two attached hydrogens (primary N) is 1. The van der Waals surface area contributed by atoms with E-state index in [0.717, 1.165) is 0 Å². The molecule has 0 unspecified atom stereocenters. The van der Waals surface area contributed by atoms with E-state index in [4.69, 9.17) is 15.9 Å². The minimum atomic E-state index is -4.48. The van der Waals surface area contributed by atoms with E-state index in [1.165, 1.54) is 12.3 Å². The fourth-order valence-electron chi connectivity index (χ4n) is 2.59. The first-order valence-electron chi connectivity index (χ1n) is 8.16. The number of morpholine rings is 1. The molecule has 2 aromatic rings. The number of alkyl halides is 3. The molecular weight excluding hydrogens is 363 g/mol. The summed E-state index contributed by atoms with van der Waals surface area (Å²) in [5.41, 5.74) is 6.85. The fourth-order valence-corrected chi connectivity index (χ4v) is 2.59. The van der Waals surface area contributed by atoms with E-state index in [1.807, 2.05) is 4.90 Å². The lowest BCUT2D eigenvalue weighted by Gasteiger charge is -2.28. The summed E-state index contributed by atoms with van der Waals surface area (Å²) < 4.78 is 46.9. The van der Waals surface area contributed by atoms with Crippen molar-refractivity contribution in [2.24, 2.45) is 0 Å². The minimum Gasteiger partial charge on any atom is -0.468 e. The van der Waals surface area contributed by atoms with Gasteiger partial charge in [0.05, 0.1) is 30.8 Å². The molecule has 1 saturated heterocycles. The molecule has 7 nitrogen and oxygen atoms in total. The Morgan fingerprint density at radius 3 is 2.70 bits per heavy atom. The summed E-state index contributed by atoms with van der Waals surface area (Å²) >= 11 is 0. The molecule has 0 aromatic carbocycles. The molecule has 0 atom stereocenters. The Kier molecular flexibility index (Phi) is 5.45. The van der Waals surface area contributed by atoms with Crippen molar-refractivity contribution < 1.29 is 22.6 Å². The third-order valence-electron chi connectivity index (χ3n) is 3.93. The van der Waals surface area contributed by atoms with Crippen LogP contribution in [0.15, 0.2) is 30.6 Å². The van der Waals surface area contributed by atoms with Gasteiger partial charge in [-0.3, -0.25) is 5.41 Å². The highest BCUT2D eigenvalue weighted by Gasteiger charge is 2.29. The number of halogens is 3. The van der Waals surface area contributed by atoms with Crippen molar-refractivity contribution in [3.05, 3.63) is 41.7 Å². The quantitative estimate of drug-likeness (QED) is 0.771. The molecule has 1 fully saturated rings. The van der Waals surface area contributed by atoms with Crippen molar-refractivity contribution in [3.8, 4) is 5.88 Å². The number of nitrogens with zero attached hydrogens (tertiary/aromatic N) is 3. The van der Waals surface area contributed by atoms with Crippen LogP contribution in [0.1, 0.15) is 11.1 Å². The smallest absolute Gasteiger partial charge is 0.422 e. The van der Waals surface area contributed by atoms with Gasteiger partial charge in [0.15, 0.2) is 6.61 Å². The molecule has 10 heteroatoms. The Bertz CT molecular complexity index is 822. The highest BCUT2D eigenvalue weighted by molar-refractivity contribution is 6.14. The zero-order valence-corrected chi connectivity index (χ0v) is 14.3. The average Bonchev–Trinajstić information content (AvgIpc) is 2.67. The summed E-state index contributed by atoms with van der Waals surface area (Å²) in [5.74, 6) is 0.449. The van der Waals surface area contributed by atoms with E-state index in [9.17, 15) is 13.2 Å².